The first-order chi connectivity index (χ1) is 12.3. The summed E-state index contributed by atoms with van der Waals surface area (Å²) >= 11 is 0. The van der Waals surface area contributed by atoms with E-state index in [9.17, 15) is 17.6 Å². The van der Waals surface area contributed by atoms with E-state index in [4.69, 9.17) is 4.74 Å². The van der Waals surface area contributed by atoms with Gasteiger partial charge in [-0.25, -0.2) is 9.38 Å². The molecule has 152 valence electrons. The van der Waals surface area contributed by atoms with Crippen LogP contribution in [0.15, 0.2) is 23.2 Å². The Kier molecular flexibility index (Phi) is 7.34. The van der Waals surface area contributed by atoms with Crippen molar-refractivity contribution in [2.24, 2.45) is 10.4 Å². The van der Waals surface area contributed by atoms with Gasteiger partial charge in [-0.15, -0.1) is 24.0 Å². The van der Waals surface area contributed by atoms with Crippen LogP contribution < -0.4 is 5.32 Å². The Labute approximate surface area is 173 Å². The van der Waals surface area contributed by atoms with E-state index in [0.717, 1.165) is 51.3 Å². The van der Waals surface area contributed by atoms with Crippen LogP contribution >= 0.6 is 24.0 Å². The number of benzene rings is 1. The van der Waals surface area contributed by atoms with Crippen LogP contribution in [-0.4, -0.2) is 43.7 Å². The van der Waals surface area contributed by atoms with Crippen molar-refractivity contribution in [2.75, 3.05) is 32.8 Å². The molecule has 1 aromatic carbocycles. The van der Waals surface area contributed by atoms with E-state index < -0.39 is 17.6 Å². The van der Waals surface area contributed by atoms with Crippen LogP contribution in [0.25, 0.3) is 0 Å². The van der Waals surface area contributed by atoms with Gasteiger partial charge in [0.25, 0.3) is 0 Å². The first-order valence-corrected chi connectivity index (χ1v) is 8.80. The number of alkyl halides is 3. The largest absolute Gasteiger partial charge is 0.416 e. The first-order valence-electron chi connectivity index (χ1n) is 8.80. The summed E-state index contributed by atoms with van der Waals surface area (Å²) in [6.07, 6.45) is -2.62. The minimum atomic E-state index is -4.61. The Bertz CT molecular complexity index is 675. The monoisotopic (exact) mass is 501 g/mol. The van der Waals surface area contributed by atoms with Crippen molar-refractivity contribution in [3.63, 3.8) is 0 Å². The Morgan fingerprint density at radius 1 is 1.33 bits per heavy atom. The molecular formula is C18H24F4IN3O. The summed E-state index contributed by atoms with van der Waals surface area (Å²) in [5.74, 6) is -0.312. The summed E-state index contributed by atoms with van der Waals surface area (Å²) in [5, 5.41) is 3.15. The maximum absolute atomic E-state index is 13.2. The van der Waals surface area contributed by atoms with Gasteiger partial charge in [0.15, 0.2) is 5.96 Å². The number of ether oxygens (including phenoxy) is 1. The predicted octanol–water partition coefficient (Wildman–Crippen LogP) is 4.04. The second-order valence-electron chi connectivity index (χ2n) is 6.94. The topological polar surface area (TPSA) is 36.9 Å². The van der Waals surface area contributed by atoms with Crippen LogP contribution in [0.2, 0.25) is 0 Å². The Morgan fingerprint density at radius 3 is 2.74 bits per heavy atom. The zero-order valence-electron chi connectivity index (χ0n) is 15.1. The highest BCUT2D eigenvalue weighted by atomic mass is 127. The molecule has 2 heterocycles. The van der Waals surface area contributed by atoms with Crippen molar-refractivity contribution >= 4 is 29.9 Å². The molecule has 0 radical (unpaired) electrons. The Balaban J connectivity index is 0.00000261. The van der Waals surface area contributed by atoms with Gasteiger partial charge in [-0.3, -0.25) is 0 Å². The van der Waals surface area contributed by atoms with Gasteiger partial charge in [-0.2, -0.15) is 13.2 Å². The van der Waals surface area contributed by atoms with Gasteiger partial charge in [-0.05, 0) is 37.5 Å². The summed E-state index contributed by atoms with van der Waals surface area (Å²) in [5.41, 5.74) is -0.880. The molecule has 0 aliphatic carbocycles. The molecule has 0 amide bonds. The third-order valence-electron chi connectivity index (χ3n) is 5.03. The van der Waals surface area contributed by atoms with Crippen molar-refractivity contribution in [2.45, 2.75) is 32.5 Å². The van der Waals surface area contributed by atoms with E-state index in [1.54, 1.807) is 0 Å². The Morgan fingerprint density at radius 2 is 2.11 bits per heavy atom. The zero-order chi connectivity index (χ0) is 18.8. The van der Waals surface area contributed by atoms with Gasteiger partial charge in [0, 0.05) is 31.7 Å². The van der Waals surface area contributed by atoms with Crippen molar-refractivity contribution < 1.29 is 22.3 Å². The smallest absolute Gasteiger partial charge is 0.381 e. The van der Waals surface area contributed by atoms with E-state index in [1.807, 2.05) is 6.92 Å². The average Bonchev–Trinajstić information content (AvgIpc) is 3.22. The molecule has 1 unspecified atom stereocenters. The van der Waals surface area contributed by atoms with E-state index in [-0.39, 0.29) is 41.5 Å². The van der Waals surface area contributed by atoms with Crippen molar-refractivity contribution in [3.8, 4) is 0 Å². The number of likely N-dealkylation sites (tertiary alicyclic amines) is 1. The lowest BCUT2D eigenvalue weighted by molar-refractivity contribution is -0.138. The maximum atomic E-state index is 13.2. The molecule has 1 spiro atoms. The lowest BCUT2D eigenvalue weighted by Gasteiger charge is -2.25. The fraction of sp³-hybridized carbons (Fsp3) is 0.611. The highest BCUT2D eigenvalue weighted by molar-refractivity contribution is 14.0. The number of hydrogen-bond acceptors (Lipinski definition) is 2. The fourth-order valence-corrected chi connectivity index (χ4v) is 3.62. The van der Waals surface area contributed by atoms with Crippen LogP contribution in [0.3, 0.4) is 0 Å². The average molecular weight is 501 g/mol. The first kappa shape index (κ1) is 22.2. The number of rotatable bonds is 3. The molecule has 9 heteroatoms. The number of nitrogens with zero attached hydrogens (tertiary/aromatic N) is 2. The molecule has 2 aliphatic rings. The standard InChI is InChI=1S/C18H23F4N3O.HI/c1-2-23-16(25-7-5-17(11-25)6-8-26-12-17)24-10-13-3-4-14(19)9-15(13)18(20,21)22;/h3-4,9H,2,5-8,10-12H2,1H3,(H,23,24);1H. The lowest BCUT2D eigenvalue weighted by atomic mass is 9.87. The molecule has 1 aromatic rings. The van der Waals surface area contributed by atoms with Gasteiger partial charge >= 0.3 is 6.18 Å². The Hall–Kier alpha value is -1.10. The van der Waals surface area contributed by atoms with Crippen LogP contribution in [-0.2, 0) is 17.5 Å². The van der Waals surface area contributed by atoms with E-state index in [2.05, 4.69) is 15.2 Å². The molecule has 0 saturated carbocycles. The second-order valence-corrected chi connectivity index (χ2v) is 6.94. The van der Waals surface area contributed by atoms with Gasteiger partial charge in [0.05, 0.1) is 18.7 Å². The molecular weight excluding hydrogens is 477 g/mol. The summed E-state index contributed by atoms with van der Waals surface area (Å²) in [7, 11) is 0. The number of hydrogen-bond donors (Lipinski definition) is 1. The van der Waals surface area contributed by atoms with Gasteiger partial charge in [-0.1, -0.05) is 6.07 Å². The molecule has 0 bridgehead atoms. The highest BCUT2D eigenvalue weighted by Gasteiger charge is 2.42. The minimum Gasteiger partial charge on any atom is -0.381 e. The summed E-state index contributed by atoms with van der Waals surface area (Å²) in [4.78, 5) is 6.47. The van der Waals surface area contributed by atoms with Crippen molar-refractivity contribution in [3.05, 3.63) is 35.1 Å². The molecule has 4 nitrogen and oxygen atoms in total. The fourth-order valence-electron chi connectivity index (χ4n) is 3.62. The molecule has 0 aromatic heterocycles. The van der Waals surface area contributed by atoms with E-state index in [0.29, 0.717) is 18.6 Å². The van der Waals surface area contributed by atoms with Gasteiger partial charge < -0.3 is 15.0 Å². The van der Waals surface area contributed by atoms with Crippen LogP contribution in [0.5, 0.6) is 0 Å². The van der Waals surface area contributed by atoms with Crippen molar-refractivity contribution in [1.29, 1.82) is 0 Å². The molecule has 1 atom stereocenters. The number of guanidine groups is 1. The van der Waals surface area contributed by atoms with Gasteiger partial charge in [0.1, 0.15) is 5.82 Å². The number of halogens is 5. The summed E-state index contributed by atoms with van der Waals surface area (Å²) in [6.45, 7) is 5.44. The van der Waals surface area contributed by atoms with E-state index in [1.165, 1.54) is 0 Å². The molecule has 2 aliphatic heterocycles. The van der Waals surface area contributed by atoms with E-state index >= 15 is 0 Å². The van der Waals surface area contributed by atoms with Crippen molar-refractivity contribution in [1.82, 2.24) is 10.2 Å². The molecule has 27 heavy (non-hydrogen) atoms. The normalized spacial score (nSPS) is 23.0. The summed E-state index contributed by atoms with van der Waals surface area (Å²) in [6, 6.07) is 2.72. The second kappa shape index (κ2) is 8.93. The molecule has 2 saturated heterocycles. The van der Waals surface area contributed by atoms with Crippen LogP contribution in [0.1, 0.15) is 30.9 Å². The molecule has 1 N–H and O–H groups in total. The highest BCUT2D eigenvalue weighted by Crippen LogP contribution is 2.38. The predicted molar refractivity (Wildman–Crippen MR) is 106 cm³/mol. The third kappa shape index (κ3) is 5.24. The minimum absolute atomic E-state index is 0. The van der Waals surface area contributed by atoms with Gasteiger partial charge in [0.2, 0.25) is 0 Å². The number of aliphatic imine (C=N–C) groups is 1. The zero-order valence-corrected chi connectivity index (χ0v) is 17.4. The van der Waals surface area contributed by atoms with Crippen LogP contribution in [0.4, 0.5) is 17.6 Å². The molecule has 3 rings (SSSR count). The SMILES string of the molecule is CCNC(=NCc1ccc(F)cc1C(F)(F)F)N1CCC2(CCOC2)C1.I. The van der Waals surface area contributed by atoms with Crippen LogP contribution in [0, 0.1) is 11.2 Å². The summed E-state index contributed by atoms with van der Waals surface area (Å²) < 4.78 is 58.2. The number of nitrogens with one attached hydrogen (secondary N) is 1. The molecule has 2 fully saturated rings. The third-order valence-corrected chi connectivity index (χ3v) is 5.03. The maximum Gasteiger partial charge on any atom is 0.416 e. The lowest BCUT2D eigenvalue weighted by Crippen LogP contribution is -2.41. The quantitative estimate of drug-likeness (QED) is 0.294.